The summed E-state index contributed by atoms with van der Waals surface area (Å²) in [6, 6.07) is 28.1. The lowest BCUT2D eigenvalue weighted by Gasteiger charge is -2.32. The first-order valence-corrected chi connectivity index (χ1v) is 13.4. The summed E-state index contributed by atoms with van der Waals surface area (Å²) in [6.45, 7) is 5.37. The lowest BCUT2D eigenvalue weighted by atomic mass is 9.95. The molecular formula is C32H36FN3O. The predicted molar refractivity (Wildman–Crippen MR) is 148 cm³/mol. The molecule has 0 saturated carbocycles. The number of rotatable bonds is 9. The normalized spacial score (nSPS) is 15.6. The minimum Gasteiger partial charge on any atom is -0.353 e. The van der Waals surface area contributed by atoms with Crippen LogP contribution in [0.2, 0.25) is 0 Å². The highest BCUT2D eigenvalue weighted by Gasteiger charge is 2.26. The van der Waals surface area contributed by atoms with Gasteiger partial charge < -0.3 is 9.88 Å². The number of nitrogens with one attached hydrogen (secondary N) is 1. The lowest BCUT2D eigenvalue weighted by Crippen LogP contribution is -2.43. The first-order valence-electron chi connectivity index (χ1n) is 13.4. The number of aryl methyl sites for hydroxylation is 1. The maximum atomic E-state index is 13.8. The average molecular weight is 498 g/mol. The van der Waals surface area contributed by atoms with E-state index in [0.717, 1.165) is 50.9 Å². The van der Waals surface area contributed by atoms with Gasteiger partial charge in [-0.2, -0.15) is 0 Å². The van der Waals surface area contributed by atoms with Gasteiger partial charge in [0.1, 0.15) is 5.82 Å². The van der Waals surface area contributed by atoms with E-state index < -0.39 is 0 Å². The Labute approximate surface area is 219 Å². The molecule has 2 heterocycles. The third kappa shape index (κ3) is 6.47. The molecule has 0 radical (unpaired) electrons. The van der Waals surface area contributed by atoms with E-state index in [4.69, 9.17) is 0 Å². The summed E-state index contributed by atoms with van der Waals surface area (Å²) >= 11 is 0. The van der Waals surface area contributed by atoms with E-state index >= 15 is 0 Å². The number of hydrogen-bond acceptors (Lipinski definition) is 2. The monoisotopic (exact) mass is 497 g/mol. The third-order valence-electron chi connectivity index (χ3n) is 7.57. The lowest BCUT2D eigenvalue weighted by molar-refractivity contribution is -0.127. The zero-order valence-corrected chi connectivity index (χ0v) is 21.6. The third-order valence-corrected chi connectivity index (χ3v) is 7.57. The van der Waals surface area contributed by atoms with Crippen LogP contribution in [-0.4, -0.2) is 34.5 Å². The van der Waals surface area contributed by atoms with Crippen LogP contribution in [0.1, 0.15) is 43.0 Å². The number of benzene rings is 3. The fourth-order valence-corrected chi connectivity index (χ4v) is 5.45. The van der Waals surface area contributed by atoms with Gasteiger partial charge in [0, 0.05) is 36.3 Å². The van der Waals surface area contributed by atoms with Crippen molar-refractivity contribution in [2.45, 2.75) is 51.7 Å². The van der Waals surface area contributed by atoms with Gasteiger partial charge in [-0.25, -0.2) is 4.39 Å². The maximum absolute atomic E-state index is 13.8. The van der Waals surface area contributed by atoms with Crippen molar-refractivity contribution >= 4 is 16.8 Å². The van der Waals surface area contributed by atoms with E-state index in [1.54, 1.807) is 12.1 Å². The molecule has 1 aliphatic rings. The number of likely N-dealkylation sites (tertiary alicyclic amines) is 1. The van der Waals surface area contributed by atoms with Gasteiger partial charge >= 0.3 is 0 Å². The molecule has 1 fully saturated rings. The largest absolute Gasteiger partial charge is 0.353 e. The highest BCUT2D eigenvalue weighted by molar-refractivity contribution is 5.81. The average Bonchev–Trinajstić information content (AvgIpc) is 3.25. The molecule has 5 heteroatoms. The van der Waals surface area contributed by atoms with Gasteiger partial charge in [0.05, 0.1) is 0 Å². The molecule has 0 unspecified atom stereocenters. The van der Waals surface area contributed by atoms with Crippen molar-refractivity contribution < 1.29 is 9.18 Å². The van der Waals surface area contributed by atoms with E-state index in [-0.39, 0.29) is 23.7 Å². The molecule has 1 amide bonds. The van der Waals surface area contributed by atoms with Crippen molar-refractivity contribution in [2.24, 2.45) is 5.92 Å². The van der Waals surface area contributed by atoms with Gasteiger partial charge in [-0.15, -0.1) is 0 Å². The Morgan fingerprint density at radius 2 is 1.65 bits per heavy atom. The second-order valence-electron chi connectivity index (χ2n) is 10.4. The van der Waals surface area contributed by atoms with Crippen molar-refractivity contribution in [3.05, 3.63) is 108 Å². The zero-order chi connectivity index (χ0) is 25.6. The molecule has 37 heavy (non-hydrogen) atoms. The van der Waals surface area contributed by atoms with E-state index in [9.17, 15) is 9.18 Å². The molecule has 1 aromatic heterocycles. The quantitative estimate of drug-likeness (QED) is 0.300. The van der Waals surface area contributed by atoms with Crippen LogP contribution in [0.15, 0.2) is 84.9 Å². The zero-order valence-electron chi connectivity index (χ0n) is 21.6. The van der Waals surface area contributed by atoms with Gasteiger partial charge in [-0.1, -0.05) is 60.7 Å². The number of para-hydroxylation sites is 1. The van der Waals surface area contributed by atoms with E-state index in [1.807, 2.05) is 12.1 Å². The Kier molecular flexibility index (Phi) is 8.00. The number of halogens is 1. The Morgan fingerprint density at radius 3 is 2.43 bits per heavy atom. The number of nitrogens with zero attached hydrogens (tertiary/aromatic N) is 2. The molecule has 1 atom stereocenters. The van der Waals surface area contributed by atoms with Crippen molar-refractivity contribution in [1.82, 2.24) is 14.8 Å². The van der Waals surface area contributed by atoms with Gasteiger partial charge in [0.15, 0.2) is 0 Å². The number of aromatic nitrogens is 1. The molecule has 5 rings (SSSR count). The Balaban J connectivity index is 1.17. The summed E-state index contributed by atoms with van der Waals surface area (Å²) in [7, 11) is 0. The van der Waals surface area contributed by atoms with Crippen LogP contribution in [0.5, 0.6) is 0 Å². The number of carbonyl (C=O) groups excluding carboxylic acids is 1. The second kappa shape index (κ2) is 11.7. The first-order chi connectivity index (χ1) is 18.0. The summed E-state index contributed by atoms with van der Waals surface area (Å²) in [5.74, 6) is 0.0688. The fourth-order valence-electron chi connectivity index (χ4n) is 5.45. The standard InChI is InChI=1S/C32H36FN3O/c1-24(14-15-25-8-3-2-4-9-25)34-32(37)27-16-18-35(19-17-27)23-30-21-28-11-5-6-13-31(28)36(30)22-26-10-7-12-29(33)20-26/h2-13,20-21,24,27H,14-19,22-23H2,1H3,(H,34,37)/t24-/m1/s1. The van der Waals surface area contributed by atoms with Crippen LogP contribution in [0.25, 0.3) is 10.9 Å². The highest BCUT2D eigenvalue weighted by atomic mass is 19.1. The van der Waals surface area contributed by atoms with Crippen molar-refractivity contribution in [2.75, 3.05) is 13.1 Å². The van der Waals surface area contributed by atoms with Crippen LogP contribution in [0.3, 0.4) is 0 Å². The highest BCUT2D eigenvalue weighted by Crippen LogP contribution is 2.25. The van der Waals surface area contributed by atoms with Crippen molar-refractivity contribution in [3.63, 3.8) is 0 Å². The van der Waals surface area contributed by atoms with E-state index in [0.29, 0.717) is 6.54 Å². The van der Waals surface area contributed by atoms with Crippen LogP contribution >= 0.6 is 0 Å². The summed E-state index contributed by atoms with van der Waals surface area (Å²) < 4.78 is 16.1. The summed E-state index contributed by atoms with van der Waals surface area (Å²) in [4.78, 5) is 15.4. The maximum Gasteiger partial charge on any atom is 0.223 e. The number of fused-ring (bicyclic) bond motifs is 1. The fraction of sp³-hybridized carbons (Fsp3) is 0.344. The van der Waals surface area contributed by atoms with Crippen LogP contribution < -0.4 is 5.32 Å². The van der Waals surface area contributed by atoms with Crippen molar-refractivity contribution in [3.8, 4) is 0 Å². The Morgan fingerprint density at radius 1 is 0.919 bits per heavy atom. The van der Waals surface area contributed by atoms with Gasteiger partial charge in [0.2, 0.25) is 5.91 Å². The minimum atomic E-state index is -0.203. The van der Waals surface area contributed by atoms with E-state index in [2.05, 4.69) is 76.3 Å². The summed E-state index contributed by atoms with van der Waals surface area (Å²) in [6.07, 6.45) is 3.68. The van der Waals surface area contributed by atoms with E-state index in [1.165, 1.54) is 28.2 Å². The van der Waals surface area contributed by atoms with Crippen LogP contribution in [0.4, 0.5) is 4.39 Å². The molecule has 1 saturated heterocycles. The number of piperidine rings is 1. The molecule has 0 bridgehead atoms. The summed E-state index contributed by atoms with van der Waals surface area (Å²) in [5.41, 5.74) is 4.66. The molecule has 192 valence electrons. The molecule has 1 aliphatic heterocycles. The molecule has 0 aliphatic carbocycles. The SMILES string of the molecule is C[C@H](CCc1ccccc1)NC(=O)C1CCN(Cc2cc3ccccc3n2Cc2cccc(F)c2)CC1. The first kappa shape index (κ1) is 25.2. The molecular weight excluding hydrogens is 461 g/mol. The van der Waals surface area contributed by atoms with Crippen LogP contribution in [-0.2, 0) is 24.3 Å². The van der Waals surface area contributed by atoms with Gasteiger partial charge in [-0.05, 0) is 86.5 Å². The van der Waals surface area contributed by atoms with Crippen molar-refractivity contribution in [1.29, 1.82) is 0 Å². The molecule has 1 N–H and O–H groups in total. The molecule has 3 aromatic carbocycles. The second-order valence-corrected chi connectivity index (χ2v) is 10.4. The minimum absolute atomic E-state index is 0.0774. The topological polar surface area (TPSA) is 37.3 Å². The van der Waals surface area contributed by atoms with Crippen LogP contribution in [0, 0.1) is 11.7 Å². The Bertz CT molecular complexity index is 1320. The van der Waals surface area contributed by atoms with Gasteiger partial charge in [0.25, 0.3) is 0 Å². The molecule has 0 spiro atoms. The van der Waals surface area contributed by atoms with Gasteiger partial charge in [-0.3, -0.25) is 9.69 Å². The number of hydrogen-bond donors (Lipinski definition) is 1. The molecule has 4 nitrogen and oxygen atoms in total. The molecule has 4 aromatic rings. The smallest absolute Gasteiger partial charge is 0.223 e. The number of carbonyl (C=O) groups is 1. The summed E-state index contributed by atoms with van der Waals surface area (Å²) in [5, 5.41) is 4.45. The number of amides is 1. The Hall–Kier alpha value is -3.44. The predicted octanol–water partition coefficient (Wildman–Crippen LogP) is 6.18.